The number of aliphatic carboxylic acids is 1. The average molecular weight is 331 g/mol. The summed E-state index contributed by atoms with van der Waals surface area (Å²) in [7, 11) is 0. The molecule has 0 saturated carbocycles. The van der Waals surface area contributed by atoms with Crippen LogP contribution < -0.4 is 5.32 Å². The number of allylic oxidation sites excluding steroid dienone is 2. The number of carbonyl (C=O) groups is 4. The number of carbonyl (C=O) groups excluding carboxylic acids is 3. The number of rotatable bonds is 5. The molecule has 0 aromatic carbocycles. The first kappa shape index (κ1) is 15.6. The minimum absolute atomic E-state index is 0.154. The lowest BCUT2D eigenvalue weighted by atomic mass is 10.0. The lowest BCUT2D eigenvalue weighted by Gasteiger charge is -2.49. The van der Waals surface area contributed by atoms with E-state index in [0.717, 1.165) is 4.90 Å². The molecule has 7 nitrogen and oxygen atoms in total. The number of carboxylic acid groups (broad SMARTS) is 1. The largest absolute Gasteiger partial charge is 0.477 e. The molecule has 0 aromatic heterocycles. The number of nitrogens with zero attached hydrogens (tertiary/aromatic N) is 1. The van der Waals surface area contributed by atoms with Gasteiger partial charge in [0.05, 0.1) is 0 Å². The number of β-lactam (4-membered cyclic amide) rings is 1. The first-order valence-corrected chi connectivity index (χ1v) is 7.48. The molecule has 0 spiro atoms. The number of carboxylic acids is 1. The van der Waals surface area contributed by atoms with Crippen LogP contribution in [-0.4, -0.2) is 57.1 Å². The van der Waals surface area contributed by atoms with Crippen molar-refractivity contribution in [3.05, 3.63) is 23.4 Å². The Balaban J connectivity index is 2.26. The zero-order valence-electron chi connectivity index (χ0n) is 10.6. The SMILES string of the molecule is O=CC=CC1=C(C(=O)O)N2C(=O)C(NC(=O)CCl)[C@H]2SC1. The smallest absolute Gasteiger partial charge is 0.352 e. The molecule has 0 bridgehead atoms. The summed E-state index contributed by atoms with van der Waals surface area (Å²) in [5, 5.41) is 11.3. The molecule has 2 rings (SSSR count). The molecule has 2 aliphatic heterocycles. The highest BCUT2D eigenvalue weighted by Crippen LogP contribution is 2.40. The van der Waals surface area contributed by atoms with Crippen LogP contribution in [0.2, 0.25) is 0 Å². The number of nitrogens with one attached hydrogen (secondary N) is 1. The molecule has 2 atom stereocenters. The molecule has 2 N–H and O–H groups in total. The van der Waals surface area contributed by atoms with Gasteiger partial charge in [0.1, 0.15) is 29.3 Å². The number of hydrogen-bond donors (Lipinski definition) is 2. The molecule has 0 radical (unpaired) electrons. The zero-order chi connectivity index (χ0) is 15.6. The van der Waals surface area contributed by atoms with Gasteiger partial charge in [0.15, 0.2) is 0 Å². The van der Waals surface area contributed by atoms with E-state index in [0.29, 0.717) is 17.6 Å². The fraction of sp³-hybridized carbons (Fsp3) is 0.333. The maximum atomic E-state index is 12.0. The van der Waals surface area contributed by atoms with Crippen molar-refractivity contribution >= 4 is 47.4 Å². The van der Waals surface area contributed by atoms with E-state index >= 15 is 0 Å². The maximum absolute atomic E-state index is 12.0. The van der Waals surface area contributed by atoms with Crippen molar-refractivity contribution in [3.8, 4) is 0 Å². The van der Waals surface area contributed by atoms with Crippen LogP contribution in [0.25, 0.3) is 0 Å². The van der Waals surface area contributed by atoms with Crippen LogP contribution >= 0.6 is 23.4 Å². The Bertz CT molecular complexity index is 574. The minimum atomic E-state index is -1.25. The van der Waals surface area contributed by atoms with E-state index < -0.39 is 29.2 Å². The number of alkyl halides is 1. The number of fused-ring (bicyclic) bond motifs is 1. The van der Waals surface area contributed by atoms with E-state index in [2.05, 4.69) is 5.32 Å². The Morgan fingerprint density at radius 2 is 2.24 bits per heavy atom. The topological polar surface area (TPSA) is 104 Å². The molecule has 1 unspecified atom stereocenters. The van der Waals surface area contributed by atoms with E-state index in [9.17, 15) is 24.3 Å². The van der Waals surface area contributed by atoms with Crippen LogP contribution in [0.15, 0.2) is 23.4 Å². The van der Waals surface area contributed by atoms with Gasteiger partial charge in [-0.05, 0) is 11.6 Å². The molecule has 21 heavy (non-hydrogen) atoms. The molecule has 1 fully saturated rings. The van der Waals surface area contributed by atoms with Gasteiger partial charge < -0.3 is 10.4 Å². The third kappa shape index (κ3) is 2.81. The monoisotopic (exact) mass is 330 g/mol. The van der Waals surface area contributed by atoms with Crippen LogP contribution in [0.1, 0.15) is 0 Å². The first-order valence-electron chi connectivity index (χ1n) is 5.89. The Labute approximate surface area is 129 Å². The molecule has 2 amide bonds. The van der Waals surface area contributed by atoms with Gasteiger partial charge in [-0.2, -0.15) is 0 Å². The number of aldehydes is 1. The van der Waals surface area contributed by atoms with Gasteiger partial charge in [0.2, 0.25) is 5.91 Å². The zero-order valence-corrected chi connectivity index (χ0v) is 12.2. The summed E-state index contributed by atoms with van der Waals surface area (Å²) in [6.07, 6.45) is 3.08. The van der Waals surface area contributed by atoms with E-state index in [1.165, 1.54) is 23.9 Å². The standard InChI is InChI=1S/C12H11ClN2O5S/c13-4-7(17)14-8-10(18)15-9(12(19)20)6(2-1-3-16)5-21-11(8)15/h1-3,8,11H,4-5H2,(H,14,17)(H,19,20)/t8?,11-/m1/s1. The molecule has 0 aliphatic carbocycles. The summed E-state index contributed by atoms with van der Waals surface area (Å²) in [5.74, 6) is -2.17. The highest BCUT2D eigenvalue weighted by molar-refractivity contribution is 8.00. The van der Waals surface area contributed by atoms with Gasteiger partial charge in [0.25, 0.3) is 5.91 Å². The fourth-order valence-corrected chi connectivity index (χ4v) is 3.53. The van der Waals surface area contributed by atoms with Gasteiger partial charge in [0, 0.05) is 5.75 Å². The highest BCUT2D eigenvalue weighted by Gasteiger charge is 2.53. The third-order valence-corrected chi connectivity index (χ3v) is 4.56. The van der Waals surface area contributed by atoms with E-state index in [-0.39, 0.29) is 11.6 Å². The molecule has 2 aliphatic rings. The summed E-state index contributed by atoms with van der Waals surface area (Å²) in [5.41, 5.74) is 0.226. The second-order valence-corrected chi connectivity index (χ2v) is 5.64. The predicted octanol–water partition coefficient (Wildman–Crippen LogP) is -0.281. The van der Waals surface area contributed by atoms with Crippen LogP contribution in [0.4, 0.5) is 0 Å². The molecule has 112 valence electrons. The lowest BCUT2D eigenvalue weighted by molar-refractivity contribution is -0.150. The van der Waals surface area contributed by atoms with E-state index in [4.69, 9.17) is 11.6 Å². The second-order valence-electron chi connectivity index (χ2n) is 4.26. The van der Waals surface area contributed by atoms with Crippen molar-refractivity contribution in [2.24, 2.45) is 0 Å². The number of amides is 2. The Morgan fingerprint density at radius 1 is 1.52 bits per heavy atom. The van der Waals surface area contributed by atoms with E-state index in [1.807, 2.05) is 0 Å². The third-order valence-electron chi connectivity index (χ3n) is 3.01. The summed E-state index contributed by atoms with van der Waals surface area (Å²) < 4.78 is 0. The average Bonchev–Trinajstić information content (AvgIpc) is 2.48. The van der Waals surface area contributed by atoms with Crippen molar-refractivity contribution < 1.29 is 24.3 Å². The second kappa shape index (κ2) is 6.31. The maximum Gasteiger partial charge on any atom is 0.352 e. The summed E-state index contributed by atoms with van der Waals surface area (Å²) in [4.78, 5) is 46.1. The number of hydrogen-bond acceptors (Lipinski definition) is 5. The van der Waals surface area contributed by atoms with Crippen LogP contribution in [-0.2, 0) is 19.2 Å². The number of halogens is 1. The van der Waals surface area contributed by atoms with Crippen molar-refractivity contribution in [2.75, 3.05) is 11.6 Å². The quantitative estimate of drug-likeness (QED) is 0.311. The molecular weight excluding hydrogens is 320 g/mol. The summed E-state index contributed by atoms with van der Waals surface area (Å²) >= 11 is 6.69. The Morgan fingerprint density at radius 3 is 2.81 bits per heavy atom. The normalized spacial score (nSPS) is 24.6. The fourth-order valence-electron chi connectivity index (χ4n) is 2.14. The van der Waals surface area contributed by atoms with Gasteiger partial charge in [-0.1, -0.05) is 6.08 Å². The van der Waals surface area contributed by atoms with Crippen molar-refractivity contribution in [3.63, 3.8) is 0 Å². The van der Waals surface area contributed by atoms with Crippen LogP contribution in [0.3, 0.4) is 0 Å². The molecule has 2 heterocycles. The van der Waals surface area contributed by atoms with Gasteiger partial charge in [-0.3, -0.25) is 19.3 Å². The molecule has 9 heteroatoms. The molecule has 1 saturated heterocycles. The van der Waals surface area contributed by atoms with Gasteiger partial charge >= 0.3 is 5.97 Å². The Hall–Kier alpha value is -1.80. The molecule has 0 aromatic rings. The number of thioether (sulfide) groups is 1. The van der Waals surface area contributed by atoms with E-state index in [1.54, 1.807) is 0 Å². The van der Waals surface area contributed by atoms with Crippen molar-refractivity contribution in [2.45, 2.75) is 11.4 Å². The van der Waals surface area contributed by atoms with Crippen molar-refractivity contribution in [1.29, 1.82) is 0 Å². The summed E-state index contributed by atoms with van der Waals surface area (Å²) in [6.45, 7) is 0. The lowest BCUT2D eigenvalue weighted by Crippen LogP contribution is -2.70. The minimum Gasteiger partial charge on any atom is -0.477 e. The summed E-state index contributed by atoms with van der Waals surface area (Å²) in [6, 6.07) is -0.771. The van der Waals surface area contributed by atoms with Gasteiger partial charge in [-0.15, -0.1) is 23.4 Å². The van der Waals surface area contributed by atoms with Crippen LogP contribution in [0, 0.1) is 0 Å². The predicted molar refractivity (Wildman–Crippen MR) is 75.6 cm³/mol. The first-order chi connectivity index (χ1) is 10.0. The van der Waals surface area contributed by atoms with Gasteiger partial charge in [-0.25, -0.2) is 4.79 Å². The Kier molecular flexibility index (Phi) is 4.69. The van der Waals surface area contributed by atoms with Crippen LogP contribution in [0.5, 0.6) is 0 Å². The highest BCUT2D eigenvalue weighted by atomic mass is 35.5. The van der Waals surface area contributed by atoms with Crippen molar-refractivity contribution in [1.82, 2.24) is 10.2 Å². The molecular formula is C12H11ClN2O5S.